The van der Waals surface area contributed by atoms with Crippen LogP contribution < -0.4 is 11.2 Å². The maximum Gasteiger partial charge on any atom is 0.423 e. The summed E-state index contributed by atoms with van der Waals surface area (Å²) < 4.78 is 43.6. The molecule has 0 amide bonds. The number of alkyl halides is 3. The molecule has 0 spiro atoms. The Balaban J connectivity index is 2.43. The van der Waals surface area contributed by atoms with Gasteiger partial charge in [0.15, 0.2) is 0 Å². The van der Waals surface area contributed by atoms with Crippen molar-refractivity contribution in [2.24, 2.45) is 0 Å². The zero-order valence-electron chi connectivity index (χ0n) is 13.2. The highest BCUT2D eigenvalue weighted by Gasteiger charge is 2.34. The number of ether oxygens (including phenoxy) is 1. The molecular formula is C15H19F3N2O4. The normalized spacial score (nSPS) is 11.3. The van der Waals surface area contributed by atoms with Crippen LogP contribution in [0, 0.1) is 0 Å². The smallest absolute Gasteiger partial charge is 0.423 e. The molecule has 0 aliphatic rings. The van der Waals surface area contributed by atoms with Gasteiger partial charge in [0, 0.05) is 18.3 Å². The number of aryl methyl sites for hydroxylation is 1. The summed E-state index contributed by atoms with van der Waals surface area (Å²) in [5.74, 6) is -0.463. The molecule has 24 heavy (non-hydrogen) atoms. The number of halogens is 3. The van der Waals surface area contributed by atoms with Gasteiger partial charge in [-0.05, 0) is 26.2 Å². The molecule has 0 atom stereocenters. The minimum Gasteiger partial charge on any atom is -0.462 e. The Labute approximate surface area is 136 Å². The maximum atomic E-state index is 12.6. The molecule has 0 aliphatic heterocycles. The van der Waals surface area contributed by atoms with Gasteiger partial charge in [-0.1, -0.05) is 13.0 Å². The molecule has 0 fully saturated rings. The van der Waals surface area contributed by atoms with Crippen molar-refractivity contribution in [1.82, 2.24) is 9.55 Å². The topological polar surface area (TPSA) is 81.2 Å². The highest BCUT2D eigenvalue weighted by molar-refractivity contribution is 5.86. The van der Waals surface area contributed by atoms with Gasteiger partial charge >= 0.3 is 17.8 Å². The Bertz CT molecular complexity index is 704. The Kier molecular flexibility index (Phi) is 6.99. The van der Waals surface area contributed by atoms with Gasteiger partial charge in [-0.15, -0.1) is 0 Å². The molecule has 0 unspecified atom stereocenters. The summed E-state index contributed by atoms with van der Waals surface area (Å²) in [4.78, 5) is 35.4. The Morgan fingerprint density at radius 3 is 2.46 bits per heavy atom. The Morgan fingerprint density at radius 1 is 1.25 bits per heavy atom. The average molecular weight is 348 g/mol. The number of H-pyrrole nitrogens is 1. The van der Waals surface area contributed by atoms with Crippen LogP contribution in [0.25, 0.3) is 0 Å². The number of aromatic nitrogens is 2. The van der Waals surface area contributed by atoms with Gasteiger partial charge in [0.1, 0.15) is 5.56 Å². The molecule has 0 aliphatic carbocycles. The second-order valence-corrected chi connectivity index (χ2v) is 5.32. The van der Waals surface area contributed by atoms with E-state index in [1.807, 2.05) is 0 Å². The Hall–Kier alpha value is -2.32. The molecule has 0 radical (unpaired) electrons. The van der Waals surface area contributed by atoms with Crippen molar-refractivity contribution in [1.29, 1.82) is 0 Å². The van der Waals surface area contributed by atoms with Gasteiger partial charge in [0.05, 0.1) is 6.61 Å². The molecule has 1 N–H and O–H groups in total. The number of rotatable bonds is 8. The van der Waals surface area contributed by atoms with Crippen LogP contribution >= 0.6 is 0 Å². The Morgan fingerprint density at radius 2 is 1.88 bits per heavy atom. The summed E-state index contributed by atoms with van der Waals surface area (Å²) in [7, 11) is 0. The van der Waals surface area contributed by atoms with Crippen molar-refractivity contribution in [2.45, 2.75) is 45.3 Å². The van der Waals surface area contributed by atoms with Crippen molar-refractivity contribution in [3.05, 3.63) is 44.8 Å². The zero-order valence-corrected chi connectivity index (χ0v) is 13.2. The number of carbonyl (C=O) groups is 1. The molecule has 1 heterocycles. The van der Waals surface area contributed by atoms with Crippen molar-refractivity contribution in [3.8, 4) is 0 Å². The van der Waals surface area contributed by atoms with Crippen LogP contribution in [0.5, 0.6) is 0 Å². The second kappa shape index (κ2) is 8.51. The highest BCUT2D eigenvalue weighted by atomic mass is 19.4. The predicted molar refractivity (Wildman–Crippen MR) is 80.6 cm³/mol. The van der Waals surface area contributed by atoms with Crippen LogP contribution in [0.4, 0.5) is 13.2 Å². The number of nitrogens with one attached hydrogen (secondary N) is 1. The minimum atomic E-state index is -4.81. The quantitative estimate of drug-likeness (QED) is 0.444. The number of aromatic amines is 1. The van der Waals surface area contributed by atoms with E-state index in [-0.39, 0.29) is 13.2 Å². The average Bonchev–Trinajstić information content (AvgIpc) is 2.46. The predicted octanol–water partition coefficient (Wildman–Crippen LogP) is 2.24. The van der Waals surface area contributed by atoms with Crippen molar-refractivity contribution in [2.75, 3.05) is 6.61 Å². The fourth-order valence-corrected chi connectivity index (χ4v) is 1.90. The molecule has 0 saturated carbocycles. The van der Waals surface area contributed by atoms with E-state index >= 15 is 0 Å². The van der Waals surface area contributed by atoms with E-state index in [0.717, 1.165) is 4.57 Å². The van der Waals surface area contributed by atoms with Crippen molar-refractivity contribution < 1.29 is 22.7 Å². The van der Waals surface area contributed by atoms with Gasteiger partial charge in [-0.25, -0.2) is 9.59 Å². The molecule has 6 nitrogen and oxygen atoms in total. The van der Waals surface area contributed by atoms with Gasteiger partial charge in [0.2, 0.25) is 0 Å². The monoisotopic (exact) mass is 348 g/mol. The van der Waals surface area contributed by atoms with Crippen LogP contribution in [-0.4, -0.2) is 22.1 Å². The lowest BCUT2D eigenvalue weighted by atomic mass is 10.2. The van der Waals surface area contributed by atoms with E-state index in [1.165, 1.54) is 0 Å². The lowest BCUT2D eigenvalue weighted by Gasteiger charge is -2.09. The summed E-state index contributed by atoms with van der Waals surface area (Å²) in [6.07, 6.45) is -1.89. The van der Waals surface area contributed by atoms with Gasteiger partial charge in [-0.3, -0.25) is 14.3 Å². The lowest BCUT2D eigenvalue weighted by molar-refractivity contribution is -0.140. The molecule has 0 aromatic carbocycles. The number of carbonyl (C=O) groups excluding carboxylic acids is 1. The third-order valence-corrected chi connectivity index (χ3v) is 3.19. The molecule has 134 valence electrons. The summed E-state index contributed by atoms with van der Waals surface area (Å²) in [6, 6.07) is 0. The molecule has 1 aromatic rings. The summed E-state index contributed by atoms with van der Waals surface area (Å²) in [5.41, 5.74) is -3.40. The van der Waals surface area contributed by atoms with Crippen LogP contribution in [0.15, 0.2) is 27.9 Å². The molecule has 0 bridgehead atoms. The summed E-state index contributed by atoms with van der Waals surface area (Å²) in [6.45, 7) is 5.28. The highest BCUT2D eigenvalue weighted by Crippen LogP contribution is 2.25. The van der Waals surface area contributed by atoms with Crippen LogP contribution in [0.1, 0.15) is 38.2 Å². The fraction of sp³-hybridized carbons (Fsp3) is 0.533. The van der Waals surface area contributed by atoms with Gasteiger partial charge in [-0.2, -0.15) is 13.2 Å². The number of esters is 1. The van der Waals surface area contributed by atoms with E-state index in [4.69, 9.17) is 4.74 Å². The number of hydrogen-bond acceptors (Lipinski definition) is 4. The molecule has 1 rings (SSSR count). The van der Waals surface area contributed by atoms with E-state index < -0.39 is 29.0 Å². The molecule has 0 saturated heterocycles. The van der Waals surface area contributed by atoms with E-state index in [9.17, 15) is 27.6 Å². The first-order valence-corrected chi connectivity index (χ1v) is 7.36. The fourth-order valence-electron chi connectivity index (χ4n) is 1.90. The first-order valence-electron chi connectivity index (χ1n) is 7.36. The number of nitrogens with zero attached hydrogens (tertiary/aromatic N) is 1. The molecule has 1 aromatic heterocycles. The van der Waals surface area contributed by atoms with E-state index in [2.05, 4.69) is 6.58 Å². The molecular weight excluding hydrogens is 329 g/mol. The lowest BCUT2D eigenvalue weighted by Crippen LogP contribution is -2.34. The third kappa shape index (κ3) is 6.05. The second-order valence-electron chi connectivity index (χ2n) is 5.32. The third-order valence-electron chi connectivity index (χ3n) is 3.19. The summed E-state index contributed by atoms with van der Waals surface area (Å²) in [5, 5.41) is 0. The number of hydrogen-bond donors (Lipinski definition) is 1. The van der Waals surface area contributed by atoms with E-state index in [1.54, 1.807) is 11.9 Å². The SMILES string of the molecule is C=C(C)C(=O)OCCCCCCn1cc(C(F)(F)F)c(=O)[nH]c1=O. The first kappa shape index (κ1) is 19.7. The maximum absolute atomic E-state index is 12.6. The first-order chi connectivity index (χ1) is 11.1. The van der Waals surface area contributed by atoms with Gasteiger partial charge in [0.25, 0.3) is 5.56 Å². The van der Waals surface area contributed by atoms with Crippen molar-refractivity contribution >= 4 is 5.97 Å². The van der Waals surface area contributed by atoms with E-state index in [0.29, 0.717) is 37.5 Å². The summed E-state index contributed by atoms with van der Waals surface area (Å²) >= 11 is 0. The van der Waals surface area contributed by atoms with Gasteiger partial charge < -0.3 is 4.74 Å². The molecule has 9 heteroatoms. The minimum absolute atomic E-state index is 0.0598. The van der Waals surface area contributed by atoms with Crippen molar-refractivity contribution in [3.63, 3.8) is 0 Å². The van der Waals surface area contributed by atoms with Crippen LogP contribution in [-0.2, 0) is 22.3 Å². The zero-order chi connectivity index (χ0) is 18.3. The standard InChI is InChI=1S/C15H19F3N2O4/c1-10(2)13(22)24-8-6-4-3-5-7-20-9-11(15(16,17)18)12(21)19-14(20)23/h9H,1,3-8H2,2H3,(H,19,21,23). The number of unbranched alkanes of at least 4 members (excludes halogenated alkanes) is 3. The van der Waals surface area contributed by atoms with Crippen LogP contribution in [0.3, 0.4) is 0 Å². The van der Waals surface area contributed by atoms with Crippen LogP contribution in [0.2, 0.25) is 0 Å². The largest absolute Gasteiger partial charge is 0.462 e.